The van der Waals surface area contributed by atoms with Crippen molar-refractivity contribution >= 4 is 21.8 Å². The van der Waals surface area contributed by atoms with Crippen LogP contribution < -0.4 is 9.62 Å². The molecule has 0 bridgehead atoms. The third-order valence-electron chi connectivity index (χ3n) is 5.08. The van der Waals surface area contributed by atoms with Crippen molar-refractivity contribution in [2.75, 3.05) is 31.1 Å². The lowest BCUT2D eigenvalue weighted by Gasteiger charge is -2.35. The first-order valence-electron chi connectivity index (χ1n) is 9.95. The Kier molecular flexibility index (Phi) is 5.98. The molecule has 1 N–H and O–H groups in total. The molecule has 0 saturated carbocycles. The van der Waals surface area contributed by atoms with Gasteiger partial charge in [-0.1, -0.05) is 18.2 Å². The summed E-state index contributed by atoms with van der Waals surface area (Å²) >= 11 is 0. The highest BCUT2D eigenvalue weighted by Gasteiger charge is 2.30. The normalized spacial score (nSPS) is 15.4. The molecule has 1 atom stereocenters. The number of rotatable bonds is 6. The van der Waals surface area contributed by atoms with Gasteiger partial charge in [-0.25, -0.2) is 8.42 Å². The predicted octanol–water partition coefficient (Wildman–Crippen LogP) is 1.82. The van der Waals surface area contributed by atoms with E-state index in [1.165, 1.54) is 25.3 Å². The second kappa shape index (κ2) is 8.86. The number of nitrogens with one attached hydrogen (secondary N) is 1. The van der Waals surface area contributed by atoms with Crippen molar-refractivity contribution in [1.82, 2.24) is 14.6 Å². The Hall–Kier alpha value is -3.62. The van der Waals surface area contributed by atoms with Gasteiger partial charge in [0, 0.05) is 26.2 Å². The van der Waals surface area contributed by atoms with Gasteiger partial charge < -0.3 is 18.6 Å². The highest BCUT2D eigenvalue weighted by Crippen LogP contribution is 2.29. The number of hydrogen-bond donors (Lipinski definition) is 1. The third kappa shape index (κ3) is 4.37. The molecule has 10 nitrogen and oxygen atoms in total. The number of hydrogen-bond acceptors (Lipinski definition) is 8. The number of amides is 1. The zero-order chi connectivity index (χ0) is 22.7. The number of nitriles is 1. The molecular formula is C21H21N5O5S. The SMILES string of the molecule is C[C@H](NS(=O)(=O)c1ccccc1)C(=O)N1CCN(c2oc(-c3ccco3)nc2C#N)CC1. The van der Waals surface area contributed by atoms with Gasteiger partial charge in [0.25, 0.3) is 5.89 Å². The molecule has 0 unspecified atom stereocenters. The van der Waals surface area contributed by atoms with Crippen molar-refractivity contribution in [2.45, 2.75) is 17.9 Å². The van der Waals surface area contributed by atoms with E-state index in [1.54, 1.807) is 35.2 Å². The first kappa shape index (κ1) is 21.6. The fourth-order valence-electron chi connectivity index (χ4n) is 3.46. The van der Waals surface area contributed by atoms with Gasteiger partial charge in [-0.05, 0) is 31.2 Å². The number of benzene rings is 1. The molecule has 166 valence electrons. The number of carbonyl (C=O) groups is 1. The number of anilines is 1. The van der Waals surface area contributed by atoms with Gasteiger partial charge in [-0.15, -0.1) is 0 Å². The molecule has 0 radical (unpaired) electrons. The highest BCUT2D eigenvalue weighted by atomic mass is 32.2. The summed E-state index contributed by atoms with van der Waals surface area (Å²) in [6.45, 7) is 3.03. The van der Waals surface area contributed by atoms with E-state index in [4.69, 9.17) is 8.83 Å². The molecule has 1 saturated heterocycles. The Balaban J connectivity index is 1.39. The van der Waals surface area contributed by atoms with E-state index in [2.05, 4.69) is 9.71 Å². The minimum atomic E-state index is -3.80. The molecule has 1 aliphatic heterocycles. The monoisotopic (exact) mass is 455 g/mol. The van der Waals surface area contributed by atoms with Crippen LogP contribution in [0.3, 0.4) is 0 Å². The molecule has 1 fully saturated rings. The second-order valence-corrected chi connectivity index (χ2v) is 8.94. The van der Waals surface area contributed by atoms with Crippen LogP contribution in [0.1, 0.15) is 12.6 Å². The summed E-state index contributed by atoms with van der Waals surface area (Å²) in [6.07, 6.45) is 1.49. The Morgan fingerprint density at radius 2 is 1.88 bits per heavy atom. The van der Waals surface area contributed by atoms with Crippen molar-refractivity contribution in [1.29, 1.82) is 5.26 Å². The first-order valence-corrected chi connectivity index (χ1v) is 11.4. The van der Waals surface area contributed by atoms with Crippen LogP contribution in [0, 0.1) is 11.3 Å². The van der Waals surface area contributed by atoms with Gasteiger partial charge in [0.05, 0.1) is 17.2 Å². The van der Waals surface area contributed by atoms with E-state index in [9.17, 15) is 18.5 Å². The van der Waals surface area contributed by atoms with E-state index in [0.29, 0.717) is 37.8 Å². The molecule has 2 aromatic heterocycles. The van der Waals surface area contributed by atoms with Crippen LogP contribution in [0.4, 0.5) is 5.88 Å². The minimum Gasteiger partial charge on any atom is -0.459 e. The average Bonchev–Trinajstić information content (AvgIpc) is 3.49. The van der Waals surface area contributed by atoms with Gasteiger partial charge in [-0.3, -0.25) is 4.79 Å². The number of nitrogens with zero attached hydrogens (tertiary/aromatic N) is 4. The summed E-state index contributed by atoms with van der Waals surface area (Å²) in [5.74, 6) is 0.632. The Bertz CT molecular complexity index is 1220. The van der Waals surface area contributed by atoms with Crippen LogP contribution in [-0.2, 0) is 14.8 Å². The smallest absolute Gasteiger partial charge is 0.266 e. The van der Waals surface area contributed by atoms with Crippen LogP contribution in [0.5, 0.6) is 0 Å². The number of oxazole rings is 1. The van der Waals surface area contributed by atoms with E-state index >= 15 is 0 Å². The molecule has 1 aliphatic rings. The zero-order valence-electron chi connectivity index (χ0n) is 17.3. The maximum absolute atomic E-state index is 12.8. The predicted molar refractivity (Wildman–Crippen MR) is 114 cm³/mol. The number of aromatic nitrogens is 1. The van der Waals surface area contributed by atoms with Gasteiger partial charge in [0.15, 0.2) is 5.76 Å². The topological polar surface area (TPSA) is 133 Å². The lowest BCUT2D eigenvalue weighted by molar-refractivity contribution is -0.132. The number of furan rings is 1. The molecule has 3 aromatic rings. The molecule has 1 aromatic carbocycles. The number of sulfonamides is 1. The number of piperazine rings is 1. The quantitative estimate of drug-likeness (QED) is 0.595. The number of carbonyl (C=O) groups excluding carboxylic acids is 1. The van der Waals surface area contributed by atoms with Crippen LogP contribution in [0.25, 0.3) is 11.7 Å². The van der Waals surface area contributed by atoms with Gasteiger partial charge in [0.2, 0.25) is 27.5 Å². The average molecular weight is 455 g/mol. The molecule has 1 amide bonds. The van der Waals surface area contributed by atoms with Crippen LogP contribution in [0.2, 0.25) is 0 Å². The Morgan fingerprint density at radius 1 is 1.16 bits per heavy atom. The fourth-order valence-corrected chi connectivity index (χ4v) is 4.68. The summed E-state index contributed by atoms with van der Waals surface area (Å²) < 4.78 is 38.4. The zero-order valence-corrected chi connectivity index (χ0v) is 18.1. The van der Waals surface area contributed by atoms with Crippen molar-refractivity contribution in [3.8, 4) is 17.7 Å². The van der Waals surface area contributed by atoms with Crippen LogP contribution in [-0.4, -0.2) is 56.4 Å². The molecule has 32 heavy (non-hydrogen) atoms. The second-order valence-electron chi connectivity index (χ2n) is 7.23. The molecule has 3 heterocycles. The van der Waals surface area contributed by atoms with Crippen molar-refractivity contribution in [2.24, 2.45) is 0 Å². The van der Waals surface area contributed by atoms with Gasteiger partial charge in [-0.2, -0.15) is 15.0 Å². The fraction of sp³-hybridized carbons (Fsp3) is 0.286. The Labute approximate surface area is 185 Å². The largest absolute Gasteiger partial charge is 0.459 e. The summed E-state index contributed by atoms with van der Waals surface area (Å²) in [6, 6.07) is 12.4. The van der Waals surface area contributed by atoms with Crippen molar-refractivity contribution in [3.05, 3.63) is 54.4 Å². The summed E-state index contributed by atoms with van der Waals surface area (Å²) in [5, 5.41) is 9.42. The van der Waals surface area contributed by atoms with Crippen LogP contribution >= 0.6 is 0 Å². The van der Waals surface area contributed by atoms with Gasteiger partial charge in [0.1, 0.15) is 6.07 Å². The first-order chi connectivity index (χ1) is 15.4. The lowest BCUT2D eigenvalue weighted by Crippen LogP contribution is -2.54. The van der Waals surface area contributed by atoms with E-state index in [0.717, 1.165) is 0 Å². The maximum atomic E-state index is 12.8. The standard InChI is InChI=1S/C21H21N5O5S/c1-15(24-32(28,29)16-6-3-2-4-7-16)20(27)25-9-11-26(12-10-25)21-17(14-22)23-19(31-21)18-8-5-13-30-18/h2-8,13,15,24H,9-12H2,1H3/t15-/m0/s1. The molecule has 11 heteroatoms. The molecule has 4 rings (SSSR count). The Morgan fingerprint density at radius 3 is 2.50 bits per heavy atom. The van der Waals surface area contributed by atoms with Crippen molar-refractivity contribution < 1.29 is 22.0 Å². The summed E-state index contributed by atoms with van der Waals surface area (Å²) in [5.41, 5.74) is 0.139. The summed E-state index contributed by atoms with van der Waals surface area (Å²) in [4.78, 5) is 20.5. The van der Waals surface area contributed by atoms with E-state index < -0.39 is 16.1 Å². The molecular weight excluding hydrogens is 434 g/mol. The minimum absolute atomic E-state index is 0.103. The van der Waals surface area contributed by atoms with E-state index in [1.807, 2.05) is 11.0 Å². The van der Waals surface area contributed by atoms with E-state index in [-0.39, 0.29) is 22.4 Å². The third-order valence-corrected chi connectivity index (χ3v) is 6.64. The summed E-state index contributed by atoms with van der Waals surface area (Å²) in [7, 11) is -3.80. The highest BCUT2D eigenvalue weighted by molar-refractivity contribution is 7.89. The molecule has 0 aliphatic carbocycles. The van der Waals surface area contributed by atoms with Crippen molar-refractivity contribution in [3.63, 3.8) is 0 Å². The molecule has 0 spiro atoms. The maximum Gasteiger partial charge on any atom is 0.266 e. The lowest BCUT2D eigenvalue weighted by atomic mass is 10.2. The van der Waals surface area contributed by atoms with Gasteiger partial charge >= 0.3 is 0 Å². The van der Waals surface area contributed by atoms with Crippen LogP contribution in [0.15, 0.2) is 62.5 Å².